The molecule has 102 valence electrons. The van der Waals surface area contributed by atoms with Crippen molar-refractivity contribution in [2.24, 2.45) is 7.05 Å². The van der Waals surface area contributed by atoms with Crippen molar-refractivity contribution >= 4 is 18.3 Å². The minimum atomic E-state index is 0. The highest BCUT2D eigenvalue weighted by atomic mass is 35.5. The van der Waals surface area contributed by atoms with E-state index in [2.05, 4.69) is 5.32 Å². The Balaban J connectivity index is 0.00000162. The summed E-state index contributed by atoms with van der Waals surface area (Å²) in [6, 6.07) is 4.35. The van der Waals surface area contributed by atoms with Gasteiger partial charge in [-0.2, -0.15) is 0 Å². The maximum atomic E-state index is 12.4. The van der Waals surface area contributed by atoms with Crippen molar-refractivity contribution in [3.05, 3.63) is 23.5 Å². The lowest BCUT2D eigenvalue weighted by atomic mass is 10.1. The maximum absolute atomic E-state index is 12.4. The zero-order chi connectivity index (χ0) is 12.4. The number of rotatable bonds is 2. The molecule has 1 aromatic heterocycles. The number of aryl methyl sites for hydroxylation is 1. The predicted molar refractivity (Wildman–Crippen MR) is 75.4 cm³/mol. The molecule has 1 aliphatic rings. The SMILES string of the molecule is CNC1CCCN(C(=O)c2ccc(C)n2C)C1.Cl. The van der Waals surface area contributed by atoms with E-state index in [9.17, 15) is 4.79 Å². The van der Waals surface area contributed by atoms with Gasteiger partial charge < -0.3 is 14.8 Å². The van der Waals surface area contributed by atoms with Crippen LogP contribution in [0.2, 0.25) is 0 Å². The van der Waals surface area contributed by atoms with Gasteiger partial charge in [-0.05, 0) is 38.9 Å². The zero-order valence-electron chi connectivity index (χ0n) is 11.3. The summed E-state index contributed by atoms with van der Waals surface area (Å²) in [6.45, 7) is 3.71. The van der Waals surface area contributed by atoms with E-state index in [4.69, 9.17) is 0 Å². The third kappa shape index (κ3) is 2.87. The molecule has 0 spiro atoms. The van der Waals surface area contributed by atoms with Crippen LogP contribution in [0.1, 0.15) is 29.0 Å². The summed E-state index contributed by atoms with van der Waals surface area (Å²) in [5.41, 5.74) is 1.91. The lowest BCUT2D eigenvalue weighted by Crippen LogP contribution is -2.47. The van der Waals surface area contributed by atoms with E-state index in [0.29, 0.717) is 6.04 Å². The van der Waals surface area contributed by atoms with Crippen LogP contribution < -0.4 is 5.32 Å². The normalized spacial score (nSPS) is 19.5. The molecule has 1 amide bonds. The number of carbonyl (C=O) groups is 1. The molecule has 1 aromatic rings. The van der Waals surface area contributed by atoms with Crippen LogP contribution in [0.4, 0.5) is 0 Å². The minimum Gasteiger partial charge on any atom is -0.344 e. The molecular weight excluding hydrogens is 250 g/mol. The molecule has 2 rings (SSSR count). The van der Waals surface area contributed by atoms with Crippen molar-refractivity contribution in [2.75, 3.05) is 20.1 Å². The van der Waals surface area contributed by atoms with Crippen LogP contribution in [0.5, 0.6) is 0 Å². The summed E-state index contributed by atoms with van der Waals surface area (Å²) < 4.78 is 1.96. The second kappa shape index (κ2) is 6.25. The molecule has 1 N–H and O–H groups in total. The lowest BCUT2D eigenvalue weighted by Gasteiger charge is -2.32. The molecule has 4 nitrogen and oxygen atoms in total. The predicted octanol–water partition coefficient (Wildman–Crippen LogP) is 1.58. The van der Waals surface area contributed by atoms with Gasteiger partial charge in [-0.3, -0.25) is 4.79 Å². The number of likely N-dealkylation sites (N-methyl/N-ethyl adjacent to an activating group) is 1. The van der Waals surface area contributed by atoms with Gasteiger partial charge >= 0.3 is 0 Å². The summed E-state index contributed by atoms with van der Waals surface area (Å²) in [4.78, 5) is 14.3. The second-order valence-corrected chi connectivity index (χ2v) is 4.80. The molecule has 0 aliphatic carbocycles. The molecule has 0 saturated carbocycles. The van der Waals surface area contributed by atoms with E-state index >= 15 is 0 Å². The van der Waals surface area contributed by atoms with Crippen LogP contribution in [0, 0.1) is 6.92 Å². The van der Waals surface area contributed by atoms with E-state index in [1.807, 2.05) is 42.6 Å². The smallest absolute Gasteiger partial charge is 0.270 e. The molecule has 1 fully saturated rings. The van der Waals surface area contributed by atoms with E-state index in [0.717, 1.165) is 37.3 Å². The first-order valence-electron chi connectivity index (χ1n) is 6.22. The van der Waals surface area contributed by atoms with Gasteiger partial charge in [-0.1, -0.05) is 0 Å². The number of amides is 1. The van der Waals surface area contributed by atoms with Gasteiger partial charge in [0, 0.05) is 31.9 Å². The van der Waals surface area contributed by atoms with Crippen LogP contribution in [-0.2, 0) is 7.05 Å². The van der Waals surface area contributed by atoms with Crippen molar-refractivity contribution in [3.8, 4) is 0 Å². The van der Waals surface area contributed by atoms with Gasteiger partial charge in [0.25, 0.3) is 5.91 Å². The summed E-state index contributed by atoms with van der Waals surface area (Å²) in [7, 11) is 3.91. The Bertz CT molecular complexity index is 416. The monoisotopic (exact) mass is 271 g/mol. The fourth-order valence-electron chi connectivity index (χ4n) is 2.39. The number of aromatic nitrogens is 1. The Morgan fingerprint density at radius 1 is 1.44 bits per heavy atom. The van der Waals surface area contributed by atoms with Crippen molar-refractivity contribution in [1.82, 2.24) is 14.8 Å². The molecule has 0 bridgehead atoms. The topological polar surface area (TPSA) is 37.3 Å². The average Bonchev–Trinajstić information content (AvgIpc) is 2.69. The highest BCUT2D eigenvalue weighted by Crippen LogP contribution is 2.15. The highest BCUT2D eigenvalue weighted by Gasteiger charge is 2.24. The van der Waals surface area contributed by atoms with Gasteiger partial charge in [-0.25, -0.2) is 0 Å². The van der Waals surface area contributed by atoms with Crippen LogP contribution in [0.25, 0.3) is 0 Å². The number of likely N-dealkylation sites (tertiary alicyclic amines) is 1. The molecule has 1 unspecified atom stereocenters. The van der Waals surface area contributed by atoms with Gasteiger partial charge in [0.2, 0.25) is 0 Å². The van der Waals surface area contributed by atoms with Crippen LogP contribution in [0.15, 0.2) is 12.1 Å². The average molecular weight is 272 g/mol. The number of hydrogen-bond acceptors (Lipinski definition) is 2. The molecule has 1 saturated heterocycles. The number of carbonyl (C=O) groups excluding carboxylic acids is 1. The first-order chi connectivity index (χ1) is 8.13. The second-order valence-electron chi connectivity index (χ2n) is 4.80. The Hall–Kier alpha value is -1.00. The Labute approximate surface area is 115 Å². The van der Waals surface area contributed by atoms with Gasteiger partial charge in [-0.15, -0.1) is 12.4 Å². The van der Waals surface area contributed by atoms with Crippen LogP contribution >= 0.6 is 12.4 Å². The van der Waals surface area contributed by atoms with E-state index in [-0.39, 0.29) is 18.3 Å². The number of piperidine rings is 1. The quantitative estimate of drug-likeness (QED) is 0.887. The molecule has 1 atom stereocenters. The molecule has 5 heteroatoms. The standard InChI is InChI=1S/C13H21N3O.ClH/c1-10-6-7-12(15(10)3)13(17)16-8-4-5-11(9-16)14-2;/h6-7,11,14H,4-5,8-9H2,1-3H3;1H. The fraction of sp³-hybridized carbons (Fsp3) is 0.615. The highest BCUT2D eigenvalue weighted by molar-refractivity contribution is 5.93. The zero-order valence-corrected chi connectivity index (χ0v) is 12.1. The third-order valence-electron chi connectivity index (χ3n) is 3.71. The van der Waals surface area contributed by atoms with E-state index in [1.54, 1.807) is 0 Å². The molecule has 0 radical (unpaired) electrons. The first kappa shape index (κ1) is 15.1. The minimum absolute atomic E-state index is 0. The van der Waals surface area contributed by atoms with Gasteiger partial charge in [0.1, 0.15) is 5.69 Å². The van der Waals surface area contributed by atoms with Crippen molar-refractivity contribution < 1.29 is 4.79 Å². The Morgan fingerprint density at radius 2 is 2.17 bits per heavy atom. The molecule has 2 heterocycles. The van der Waals surface area contributed by atoms with E-state index < -0.39 is 0 Å². The van der Waals surface area contributed by atoms with Crippen molar-refractivity contribution in [3.63, 3.8) is 0 Å². The molecule has 1 aliphatic heterocycles. The summed E-state index contributed by atoms with van der Waals surface area (Å²) in [5, 5.41) is 3.26. The number of hydrogen-bond donors (Lipinski definition) is 1. The Kier molecular flexibility index (Phi) is 5.23. The van der Waals surface area contributed by atoms with Gasteiger partial charge in [0.05, 0.1) is 0 Å². The lowest BCUT2D eigenvalue weighted by molar-refractivity contribution is 0.0688. The molecule has 18 heavy (non-hydrogen) atoms. The molecular formula is C13H22ClN3O. The number of nitrogens with one attached hydrogen (secondary N) is 1. The largest absolute Gasteiger partial charge is 0.344 e. The maximum Gasteiger partial charge on any atom is 0.270 e. The van der Waals surface area contributed by atoms with E-state index in [1.165, 1.54) is 0 Å². The molecule has 0 aromatic carbocycles. The van der Waals surface area contributed by atoms with Gasteiger partial charge in [0.15, 0.2) is 0 Å². The number of nitrogens with zero attached hydrogens (tertiary/aromatic N) is 2. The summed E-state index contributed by atoms with van der Waals surface area (Å²) in [5.74, 6) is 0.153. The third-order valence-corrected chi connectivity index (χ3v) is 3.71. The summed E-state index contributed by atoms with van der Waals surface area (Å²) >= 11 is 0. The summed E-state index contributed by atoms with van der Waals surface area (Å²) in [6.07, 6.45) is 2.24. The first-order valence-corrected chi connectivity index (χ1v) is 6.22. The van der Waals surface area contributed by atoms with Crippen LogP contribution in [-0.4, -0.2) is 41.6 Å². The van der Waals surface area contributed by atoms with Crippen LogP contribution in [0.3, 0.4) is 0 Å². The van der Waals surface area contributed by atoms with Crippen molar-refractivity contribution in [2.45, 2.75) is 25.8 Å². The fourth-order valence-corrected chi connectivity index (χ4v) is 2.39. The Morgan fingerprint density at radius 3 is 2.72 bits per heavy atom. The van der Waals surface area contributed by atoms with Crippen molar-refractivity contribution in [1.29, 1.82) is 0 Å². The number of halogens is 1.